The molecule has 1 aromatic carbocycles. The minimum Gasteiger partial charge on any atom is -0.444 e. The summed E-state index contributed by atoms with van der Waals surface area (Å²) < 4.78 is 11.1. The van der Waals surface area contributed by atoms with Crippen LogP contribution >= 0.6 is 0 Å². The lowest BCUT2D eigenvalue weighted by Crippen LogP contribution is -2.11. The van der Waals surface area contributed by atoms with E-state index in [0.29, 0.717) is 24.3 Å². The maximum absolute atomic E-state index is 5.57. The highest BCUT2D eigenvalue weighted by molar-refractivity contribution is 5.52. The SMILES string of the molecule is CC(C)(C)c1nnc(NCc2coc(-c3ccccc3)n2)o1. The second kappa shape index (κ2) is 5.63. The van der Waals surface area contributed by atoms with Gasteiger partial charge in [-0.2, -0.15) is 0 Å². The van der Waals surface area contributed by atoms with Crippen LogP contribution in [0.2, 0.25) is 0 Å². The monoisotopic (exact) mass is 298 g/mol. The minimum absolute atomic E-state index is 0.165. The highest BCUT2D eigenvalue weighted by Crippen LogP contribution is 2.22. The number of aromatic nitrogens is 3. The molecule has 3 aromatic rings. The van der Waals surface area contributed by atoms with Gasteiger partial charge in [-0.05, 0) is 12.1 Å². The number of anilines is 1. The number of nitrogens with zero attached hydrogens (tertiary/aromatic N) is 3. The highest BCUT2D eigenvalue weighted by atomic mass is 16.4. The molecule has 0 aliphatic heterocycles. The fraction of sp³-hybridized carbons (Fsp3) is 0.312. The zero-order chi connectivity index (χ0) is 15.6. The molecule has 3 rings (SSSR count). The standard InChI is InChI=1S/C16H18N4O2/c1-16(2,3)14-19-20-15(22-14)17-9-12-10-21-13(18-12)11-7-5-4-6-8-11/h4-8,10H,9H2,1-3H3,(H,17,20). The summed E-state index contributed by atoms with van der Waals surface area (Å²) in [6.45, 7) is 6.53. The molecule has 0 fully saturated rings. The zero-order valence-corrected chi connectivity index (χ0v) is 12.8. The average molecular weight is 298 g/mol. The summed E-state index contributed by atoms with van der Waals surface area (Å²) in [4.78, 5) is 4.43. The van der Waals surface area contributed by atoms with E-state index in [4.69, 9.17) is 8.83 Å². The van der Waals surface area contributed by atoms with E-state index >= 15 is 0 Å². The molecule has 6 heteroatoms. The van der Waals surface area contributed by atoms with Crippen LogP contribution in [-0.4, -0.2) is 15.2 Å². The third-order valence-corrected chi connectivity index (χ3v) is 3.06. The predicted molar refractivity (Wildman–Crippen MR) is 82.3 cm³/mol. The third-order valence-electron chi connectivity index (χ3n) is 3.06. The van der Waals surface area contributed by atoms with Gasteiger partial charge in [0.2, 0.25) is 11.8 Å². The van der Waals surface area contributed by atoms with Crippen LogP contribution in [0.1, 0.15) is 32.4 Å². The van der Waals surface area contributed by atoms with Crippen LogP contribution in [-0.2, 0) is 12.0 Å². The Hall–Kier alpha value is -2.63. The van der Waals surface area contributed by atoms with Gasteiger partial charge in [0.05, 0.1) is 12.2 Å². The summed E-state index contributed by atoms with van der Waals surface area (Å²) in [5.74, 6) is 1.19. The van der Waals surface area contributed by atoms with Crippen LogP contribution in [0.4, 0.5) is 6.01 Å². The van der Waals surface area contributed by atoms with Gasteiger partial charge in [0, 0.05) is 11.0 Å². The molecule has 0 bridgehead atoms. The maximum Gasteiger partial charge on any atom is 0.315 e. The van der Waals surface area contributed by atoms with E-state index in [-0.39, 0.29) is 5.41 Å². The van der Waals surface area contributed by atoms with E-state index in [9.17, 15) is 0 Å². The summed E-state index contributed by atoms with van der Waals surface area (Å²) in [6.07, 6.45) is 1.62. The summed E-state index contributed by atoms with van der Waals surface area (Å²) in [5.41, 5.74) is 1.55. The van der Waals surface area contributed by atoms with E-state index in [1.54, 1.807) is 6.26 Å². The van der Waals surface area contributed by atoms with Crippen molar-refractivity contribution < 1.29 is 8.83 Å². The van der Waals surface area contributed by atoms with Gasteiger partial charge in [-0.25, -0.2) is 4.98 Å². The second-order valence-electron chi connectivity index (χ2n) is 6.03. The van der Waals surface area contributed by atoms with Crippen LogP contribution < -0.4 is 5.32 Å². The average Bonchev–Trinajstić information content (AvgIpc) is 3.15. The van der Waals surface area contributed by atoms with Crippen molar-refractivity contribution >= 4 is 6.01 Å². The van der Waals surface area contributed by atoms with Gasteiger partial charge in [0.1, 0.15) is 6.26 Å². The lowest BCUT2D eigenvalue weighted by atomic mass is 9.97. The first-order valence-electron chi connectivity index (χ1n) is 7.10. The van der Waals surface area contributed by atoms with E-state index in [0.717, 1.165) is 11.3 Å². The number of benzene rings is 1. The normalized spacial score (nSPS) is 11.6. The van der Waals surface area contributed by atoms with E-state index in [1.807, 2.05) is 51.1 Å². The molecule has 0 atom stereocenters. The molecule has 0 aliphatic carbocycles. The van der Waals surface area contributed by atoms with Crippen LogP contribution in [0.5, 0.6) is 0 Å². The fourth-order valence-corrected chi connectivity index (χ4v) is 1.87. The van der Waals surface area contributed by atoms with Crippen LogP contribution in [0.15, 0.2) is 45.4 Å². The summed E-state index contributed by atoms with van der Waals surface area (Å²) in [7, 11) is 0. The molecular weight excluding hydrogens is 280 g/mol. The Morgan fingerprint density at radius 3 is 2.55 bits per heavy atom. The molecule has 0 amide bonds. The highest BCUT2D eigenvalue weighted by Gasteiger charge is 2.21. The molecule has 2 heterocycles. The molecule has 0 spiro atoms. The van der Waals surface area contributed by atoms with Crippen molar-refractivity contribution in [2.45, 2.75) is 32.7 Å². The molecule has 0 saturated heterocycles. The molecule has 2 aromatic heterocycles. The first-order valence-corrected chi connectivity index (χ1v) is 7.10. The van der Waals surface area contributed by atoms with Crippen LogP contribution in [0.25, 0.3) is 11.5 Å². The number of oxazole rings is 1. The van der Waals surface area contributed by atoms with Gasteiger partial charge in [-0.3, -0.25) is 0 Å². The van der Waals surface area contributed by atoms with Gasteiger partial charge in [0.25, 0.3) is 0 Å². The number of hydrogen-bond donors (Lipinski definition) is 1. The summed E-state index contributed by atoms with van der Waals surface area (Å²) in [5, 5.41) is 11.1. The van der Waals surface area contributed by atoms with Crippen molar-refractivity contribution in [3.63, 3.8) is 0 Å². The lowest BCUT2D eigenvalue weighted by Gasteiger charge is -2.10. The first-order chi connectivity index (χ1) is 10.5. The summed E-state index contributed by atoms with van der Waals surface area (Å²) in [6, 6.07) is 10.1. The minimum atomic E-state index is -0.165. The molecule has 0 unspecified atom stereocenters. The van der Waals surface area contributed by atoms with Gasteiger partial charge in [-0.15, -0.1) is 5.10 Å². The fourth-order valence-electron chi connectivity index (χ4n) is 1.87. The maximum atomic E-state index is 5.57. The van der Waals surface area contributed by atoms with Crippen molar-refractivity contribution in [1.29, 1.82) is 0 Å². The Morgan fingerprint density at radius 2 is 1.86 bits per heavy atom. The molecule has 1 N–H and O–H groups in total. The molecule has 114 valence electrons. The zero-order valence-electron chi connectivity index (χ0n) is 12.8. The molecule has 0 aliphatic rings. The van der Waals surface area contributed by atoms with E-state index < -0.39 is 0 Å². The van der Waals surface area contributed by atoms with E-state index in [1.165, 1.54) is 0 Å². The topological polar surface area (TPSA) is 77.0 Å². The van der Waals surface area contributed by atoms with Gasteiger partial charge >= 0.3 is 6.01 Å². The number of hydrogen-bond acceptors (Lipinski definition) is 6. The van der Waals surface area contributed by atoms with Crippen molar-refractivity contribution in [1.82, 2.24) is 15.2 Å². The van der Waals surface area contributed by atoms with E-state index in [2.05, 4.69) is 20.5 Å². The van der Waals surface area contributed by atoms with Crippen molar-refractivity contribution in [3.05, 3.63) is 48.2 Å². The van der Waals surface area contributed by atoms with Crippen LogP contribution in [0.3, 0.4) is 0 Å². The first kappa shape index (κ1) is 14.3. The van der Waals surface area contributed by atoms with Gasteiger partial charge in [-0.1, -0.05) is 44.1 Å². The van der Waals surface area contributed by atoms with Crippen molar-refractivity contribution in [2.75, 3.05) is 5.32 Å². The lowest BCUT2D eigenvalue weighted by molar-refractivity contribution is 0.399. The smallest absolute Gasteiger partial charge is 0.315 e. The largest absolute Gasteiger partial charge is 0.444 e. The Morgan fingerprint density at radius 1 is 1.09 bits per heavy atom. The Labute approximate surface area is 128 Å². The Kier molecular flexibility index (Phi) is 3.66. The molecular formula is C16H18N4O2. The molecule has 0 saturated carbocycles. The van der Waals surface area contributed by atoms with Gasteiger partial charge in [0.15, 0.2) is 0 Å². The quantitative estimate of drug-likeness (QED) is 0.792. The van der Waals surface area contributed by atoms with Crippen LogP contribution in [0, 0.1) is 0 Å². The Balaban J connectivity index is 1.65. The molecule has 22 heavy (non-hydrogen) atoms. The van der Waals surface area contributed by atoms with Crippen molar-refractivity contribution in [2.24, 2.45) is 0 Å². The molecule has 6 nitrogen and oxygen atoms in total. The third kappa shape index (κ3) is 3.16. The second-order valence-corrected chi connectivity index (χ2v) is 6.03. The predicted octanol–water partition coefficient (Wildman–Crippen LogP) is 3.63. The number of nitrogens with one attached hydrogen (secondary N) is 1. The Bertz CT molecular complexity index is 741. The summed E-state index contributed by atoms with van der Waals surface area (Å²) >= 11 is 0. The van der Waals surface area contributed by atoms with Gasteiger partial charge < -0.3 is 14.2 Å². The number of rotatable bonds is 4. The van der Waals surface area contributed by atoms with Crippen molar-refractivity contribution in [3.8, 4) is 11.5 Å². The molecule has 0 radical (unpaired) electrons.